The second-order valence-corrected chi connectivity index (χ2v) is 7.85. The molecule has 0 aliphatic carbocycles. The summed E-state index contributed by atoms with van der Waals surface area (Å²) >= 11 is 12.4. The highest BCUT2D eigenvalue weighted by Crippen LogP contribution is 2.26. The summed E-state index contributed by atoms with van der Waals surface area (Å²) in [5, 5.41) is 6.25. The summed E-state index contributed by atoms with van der Waals surface area (Å²) in [6, 6.07) is 11.9. The lowest BCUT2D eigenvalue weighted by molar-refractivity contribution is -0.141. The second-order valence-electron chi connectivity index (χ2n) is 7.04. The number of nitrogens with one attached hydrogen (secondary N) is 2. The lowest BCUT2D eigenvalue weighted by atomic mass is 9.99. The molecule has 0 aliphatic heterocycles. The third kappa shape index (κ3) is 6.21. The predicted octanol–water partition coefficient (Wildman–Crippen LogP) is 4.17. The Labute approximate surface area is 185 Å². The van der Waals surface area contributed by atoms with Crippen LogP contribution in [0.5, 0.6) is 0 Å². The van der Waals surface area contributed by atoms with E-state index < -0.39 is 29.9 Å². The average Bonchev–Trinajstić information content (AvgIpc) is 2.71. The van der Waals surface area contributed by atoms with Crippen LogP contribution in [-0.4, -0.2) is 30.9 Å². The van der Waals surface area contributed by atoms with Crippen molar-refractivity contribution in [3.05, 3.63) is 69.7 Å². The summed E-state index contributed by atoms with van der Waals surface area (Å²) in [7, 11) is 1.27. The van der Waals surface area contributed by atoms with Gasteiger partial charge in [-0.3, -0.25) is 14.4 Å². The van der Waals surface area contributed by atoms with E-state index >= 15 is 0 Å². The molecule has 0 spiro atoms. The molecular formula is C22H24Cl2N2O4. The van der Waals surface area contributed by atoms with Crippen molar-refractivity contribution >= 4 is 41.0 Å². The number of amides is 2. The summed E-state index contributed by atoms with van der Waals surface area (Å²) in [5.41, 5.74) is 0.854. The maximum atomic E-state index is 13.0. The average molecular weight is 451 g/mol. The molecule has 2 aromatic rings. The van der Waals surface area contributed by atoms with Crippen LogP contribution in [0.4, 0.5) is 0 Å². The first kappa shape index (κ1) is 23.7. The Bertz CT molecular complexity index is 918. The van der Waals surface area contributed by atoms with Gasteiger partial charge in [0.15, 0.2) is 0 Å². The van der Waals surface area contributed by atoms with E-state index in [0.717, 1.165) is 0 Å². The molecule has 0 fully saturated rings. The van der Waals surface area contributed by atoms with Gasteiger partial charge in [-0.1, -0.05) is 67.4 Å². The van der Waals surface area contributed by atoms with Gasteiger partial charge in [-0.05, 0) is 29.7 Å². The number of esters is 1. The highest BCUT2D eigenvalue weighted by molar-refractivity contribution is 6.33. The smallest absolute Gasteiger partial charge is 0.307 e. The Balaban J connectivity index is 2.23. The zero-order valence-electron chi connectivity index (χ0n) is 16.9. The summed E-state index contributed by atoms with van der Waals surface area (Å²) in [4.78, 5) is 37.6. The number of methoxy groups -OCH3 is 1. The summed E-state index contributed by atoms with van der Waals surface area (Å²) in [6.07, 6.45) is -0.102. The van der Waals surface area contributed by atoms with Crippen LogP contribution in [0.1, 0.15) is 42.2 Å². The second kappa shape index (κ2) is 11.0. The molecule has 2 atom stereocenters. The Morgan fingerprint density at radius 3 is 2.10 bits per heavy atom. The fourth-order valence-corrected chi connectivity index (χ4v) is 3.40. The SMILES string of the molecule is COC(=O)CC(NC(=O)C(NC(=O)c1ccccc1Cl)C(C)C)c1ccccc1Cl. The van der Waals surface area contributed by atoms with Gasteiger partial charge in [0, 0.05) is 5.02 Å². The molecule has 0 bridgehead atoms. The van der Waals surface area contributed by atoms with E-state index in [4.69, 9.17) is 27.9 Å². The first-order valence-electron chi connectivity index (χ1n) is 9.41. The van der Waals surface area contributed by atoms with E-state index in [9.17, 15) is 14.4 Å². The van der Waals surface area contributed by atoms with E-state index in [2.05, 4.69) is 10.6 Å². The van der Waals surface area contributed by atoms with Gasteiger partial charge < -0.3 is 15.4 Å². The van der Waals surface area contributed by atoms with Crippen LogP contribution in [-0.2, 0) is 14.3 Å². The normalized spacial score (nSPS) is 12.7. The topological polar surface area (TPSA) is 84.5 Å². The zero-order valence-corrected chi connectivity index (χ0v) is 18.5. The standard InChI is InChI=1S/C22H24Cl2N2O4/c1-13(2)20(26-21(28)15-9-5-7-11-17(15)24)22(29)25-18(12-19(27)30-3)14-8-4-6-10-16(14)23/h4-11,13,18,20H,12H2,1-3H3,(H,25,29)(H,26,28). The van der Waals surface area contributed by atoms with E-state index in [-0.39, 0.29) is 22.9 Å². The minimum Gasteiger partial charge on any atom is -0.469 e. The molecule has 2 N–H and O–H groups in total. The first-order valence-corrected chi connectivity index (χ1v) is 10.2. The predicted molar refractivity (Wildman–Crippen MR) is 117 cm³/mol. The monoisotopic (exact) mass is 450 g/mol. The van der Waals surface area contributed by atoms with E-state index in [1.54, 1.807) is 48.5 Å². The summed E-state index contributed by atoms with van der Waals surface area (Å²) in [5.74, 6) is -1.63. The van der Waals surface area contributed by atoms with Gasteiger partial charge in [-0.2, -0.15) is 0 Å². The largest absolute Gasteiger partial charge is 0.469 e. The molecule has 2 amide bonds. The molecule has 30 heavy (non-hydrogen) atoms. The lowest BCUT2D eigenvalue weighted by Crippen LogP contribution is -2.50. The molecular weight excluding hydrogens is 427 g/mol. The number of carbonyl (C=O) groups is 3. The third-order valence-electron chi connectivity index (χ3n) is 4.55. The van der Waals surface area contributed by atoms with Crippen LogP contribution in [0.15, 0.2) is 48.5 Å². The molecule has 2 aromatic carbocycles. The highest BCUT2D eigenvalue weighted by Gasteiger charge is 2.29. The van der Waals surface area contributed by atoms with Gasteiger partial charge in [-0.15, -0.1) is 0 Å². The molecule has 0 saturated carbocycles. The van der Waals surface area contributed by atoms with Crippen molar-refractivity contribution in [3.63, 3.8) is 0 Å². The maximum absolute atomic E-state index is 13.0. The molecule has 0 radical (unpaired) electrons. The molecule has 6 nitrogen and oxygen atoms in total. The zero-order chi connectivity index (χ0) is 22.3. The Morgan fingerprint density at radius 1 is 0.933 bits per heavy atom. The number of ether oxygens (including phenoxy) is 1. The minimum absolute atomic E-state index is 0.102. The van der Waals surface area contributed by atoms with Gasteiger partial charge in [0.1, 0.15) is 6.04 Å². The fourth-order valence-electron chi connectivity index (χ4n) is 2.91. The summed E-state index contributed by atoms with van der Waals surface area (Å²) < 4.78 is 4.75. The molecule has 0 heterocycles. The van der Waals surface area contributed by atoms with E-state index in [1.165, 1.54) is 7.11 Å². The number of rotatable bonds is 8. The van der Waals surface area contributed by atoms with Crippen LogP contribution < -0.4 is 10.6 Å². The quantitative estimate of drug-likeness (QED) is 0.591. The molecule has 2 unspecified atom stereocenters. The first-order chi connectivity index (χ1) is 14.2. The Kier molecular flexibility index (Phi) is 8.69. The van der Waals surface area contributed by atoms with E-state index in [0.29, 0.717) is 10.6 Å². The van der Waals surface area contributed by atoms with Crippen molar-refractivity contribution in [2.45, 2.75) is 32.4 Å². The van der Waals surface area contributed by atoms with Crippen molar-refractivity contribution < 1.29 is 19.1 Å². The number of benzene rings is 2. The van der Waals surface area contributed by atoms with Crippen LogP contribution >= 0.6 is 23.2 Å². The maximum Gasteiger partial charge on any atom is 0.307 e. The molecule has 8 heteroatoms. The van der Waals surface area contributed by atoms with Crippen LogP contribution in [0, 0.1) is 5.92 Å². The Morgan fingerprint density at radius 2 is 1.53 bits per heavy atom. The van der Waals surface area contributed by atoms with Gasteiger partial charge in [0.25, 0.3) is 5.91 Å². The van der Waals surface area contributed by atoms with Crippen molar-refractivity contribution in [2.75, 3.05) is 7.11 Å². The van der Waals surface area contributed by atoms with Crippen molar-refractivity contribution in [2.24, 2.45) is 5.92 Å². The summed E-state index contributed by atoms with van der Waals surface area (Å²) in [6.45, 7) is 3.61. The third-order valence-corrected chi connectivity index (χ3v) is 5.22. The highest BCUT2D eigenvalue weighted by atomic mass is 35.5. The molecule has 0 aliphatic rings. The van der Waals surface area contributed by atoms with Crippen LogP contribution in [0.25, 0.3) is 0 Å². The minimum atomic E-state index is -0.851. The fraction of sp³-hybridized carbons (Fsp3) is 0.318. The lowest BCUT2D eigenvalue weighted by Gasteiger charge is -2.26. The Hall–Kier alpha value is -2.57. The van der Waals surface area contributed by atoms with Gasteiger partial charge in [0.05, 0.1) is 30.2 Å². The van der Waals surface area contributed by atoms with Crippen LogP contribution in [0.3, 0.4) is 0 Å². The molecule has 160 valence electrons. The van der Waals surface area contributed by atoms with Crippen molar-refractivity contribution in [1.29, 1.82) is 0 Å². The number of carbonyl (C=O) groups excluding carboxylic acids is 3. The van der Waals surface area contributed by atoms with Crippen molar-refractivity contribution in [3.8, 4) is 0 Å². The molecule has 0 saturated heterocycles. The number of hydrogen-bond donors (Lipinski definition) is 2. The van der Waals surface area contributed by atoms with E-state index in [1.807, 2.05) is 13.8 Å². The van der Waals surface area contributed by atoms with Crippen LogP contribution in [0.2, 0.25) is 10.0 Å². The number of halogens is 2. The number of hydrogen-bond acceptors (Lipinski definition) is 4. The molecule has 0 aromatic heterocycles. The van der Waals surface area contributed by atoms with Gasteiger partial charge in [0.2, 0.25) is 5.91 Å². The van der Waals surface area contributed by atoms with Gasteiger partial charge >= 0.3 is 5.97 Å². The van der Waals surface area contributed by atoms with Gasteiger partial charge in [-0.25, -0.2) is 0 Å². The molecule has 2 rings (SSSR count). The van der Waals surface area contributed by atoms with Crippen molar-refractivity contribution in [1.82, 2.24) is 10.6 Å².